The molecule has 0 aliphatic heterocycles. The summed E-state index contributed by atoms with van der Waals surface area (Å²) >= 11 is 1.63. The van der Waals surface area contributed by atoms with Crippen molar-refractivity contribution in [3.05, 3.63) is 45.9 Å². The summed E-state index contributed by atoms with van der Waals surface area (Å²) in [4.78, 5) is 4.59. The van der Waals surface area contributed by atoms with Crippen LogP contribution in [0.1, 0.15) is 42.2 Å². The highest BCUT2D eigenvalue weighted by Crippen LogP contribution is 2.22. The molecule has 0 bridgehead atoms. The van der Waals surface area contributed by atoms with Crippen LogP contribution in [0.25, 0.3) is 0 Å². The number of nitrogens with zero attached hydrogens (tertiary/aromatic N) is 1. The van der Waals surface area contributed by atoms with Crippen LogP contribution in [0.2, 0.25) is 0 Å². The van der Waals surface area contributed by atoms with E-state index in [0.29, 0.717) is 0 Å². The number of thiazole rings is 1. The van der Waals surface area contributed by atoms with Crippen LogP contribution in [0.4, 0.5) is 0 Å². The molecule has 2 rings (SSSR count). The normalized spacial score (nSPS) is 14.9. The molecule has 0 radical (unpaired) electrons. The number of rotatable bonds is 5. The Morgan fingerprint density at radius 3 is 2.29 bits per heavy atom. The zero-order valence-corrected chi connectivity index (χ0v) is 13.8. The lowest BCUT2D eigenvalue weighted by atomic mass is 10.1. The first-order valence-electron chi connectivity index (χ1n) is 6.58. The van der Waals surface area contributed by atoms with Gasteiger partial charge >= 0.3 is 0 Å². The van der Waals surface area contributed by atoms with Gasteiger partial charge in [-0.2, -0.15) is 0 Å². The number of aryl methyl sites for hydroxylation is 1. The van der Waals surface area contributed by atoms with E-state index in [4.69, 9.17) is 5.14 Å². The van der Waals surface area contributed by atoms with Crippen LogP contribution in [0.5, 0.6) is 0 Å². The van der Waals surface area contributed by atoms with E-state index < -0.39 is 10.0 Å². The van der Waals surface area contributed by atoms with Crippen molar-refractivity contribution >= 4 is 21.4 Å². The molecule has 0 fully saturated rings. The lowest BCUT2D eigenvalue weighted by molar-refractivity contribution is 0.492. The molecule has 0 saturated carbocycles. The van der Waals surface area contributed by atoms with Crippen molar-refractivity contribution in [1.82, 2.24) is 10.3 Å². The quantitative estimate of drug-likeness (QED) is 0.884. The minimum atomic E-state index is -3.64. The number of benzene rings is 1. The molecule has 7 heteroatoms. The minimum absolute atomic E-state index is 0.0822. The summed E-state index contributed by atoms with van der Waals surface area (Å²) in [7, 11) is -3.64. The first-order chi connectivity index (χ1) is 9.77. The summed E-state index contributed by atoms with van der Waals surface area (Å²) in [5, 5.41) is 11.6. The third kappa shape index (κ3) is 4.10. The lowest BCUT2D eigenvalue weighted by Crippen LogP contribution is -2.22. The molecule has 0 aliphatic rings. The van der Waals surface area contributed by atoms with E-state index in [1.165, 1.54) is 12.1 Å². The molecule has 1 aromatic carbocycles. The van der Waals surface area contributed by atoms with E-state index in [0.717, 1.165) is 16.3 Å². The average Bonchev–Trinajstić information content (AvgIpc) is 2.84. The Morgan fingerprint density at radius 2 is 1.81 bits per heavy atom. The van der Waals surface area contributed by atoms with E-state index in [9.17, 15) is 8.42 Å². The number of hydrogen-bond donors (Lipinski definition) is 2. The Morgan fingerprint density at radius 1 is 1.19 bits per heavy atom. The highest BCUT2D eigenvalue weighted by atomic mass is 32.2. The number of aromatic nitrogens is 1. The smallest absolute Gasteiger partial charge is 0.238 e. The van der Waals surface area contributed by atoms with Gasteiger partial charge in [0.1, 0.15) is 5.01 Å². The Balaban J connectivity index is 2.08. The summed E-state index contributed by atoms with van der Waals surface area (Å²) in [6, 6.07) is 6.83. The number of nitrogens with two attached hydrogens (primary N) is 1. The Bertz CT molecular complexity index is 708. The third-order valence-corrected chi connectivity index (χ3v) is 5.29. The predicted molar refractivity (Wildman–Crippen MR) is 84.6 cm³/mol. The van der Waals surface area contributed by atoms with E-state index in [1.807, 2.05) is 19.2 Å². The minimum Gasteiger partial charge on any atom is -0.302 e. The summed E-state index contributed by atoms with van der Waals surface area (Å²) in [6.07, 6.45) is 0. The van der Waals surface area contributed by atoms with Gasteiger partial charge in [0.15, 0.2) is 0 Å². The Hall–Kier alpha value is -1.28. The van der Waals surface area contributed by atoms with Gasteiger partial charge in [-0.1, -0.05) is 12.1 Å². The summed E-state index contributed by atoms with van der Waals surface area (Å²) in [5.41, 5.74) is 2.02. The molecule has 1 heterocycles. The van der Waals surface area contributed by atoms with E-state index in [2.05, 4.69) is 17.2 Å². The van der Waals surface area contributed by atoms with Crippen LogP contribution in [-0.4, -0.2) is 13.4 Å². The molecule has 2 aromatic rings. The zero-order chi connectivity index (χ0) is 15.6. The lowest BCUT2D eigenvalue weighted by Gasteiger charge is -2.19. The molecular weight excluding hydrogens is 306 g/mol. The van der Waals surface area contributed by atoms with Crippen LogP contribution in [0.3, 0.4) is 0 Å². The Labute approximate surface area is 129 Å². The highest BCUT2D eigenvalue weighted by molar-refractivity contribution is 7.89. The monoisotopic (exact) mass is 325 g/mol. The number of nitrogens with one attached hydrogen (secondary N) is 1. The molecule has 1 aromatic heterocycles. The number of sulfonamides is 1. The van der Waals surface area contributed by atoms with Gasteiger partial charge in [0.2, 0.25) is 10.0 Å². The molecule has 0 aliphatic carbocycles. The van der Waals surface area contributed by atoms with Crippen LogP contribution >= 0.6 is 11.3 Å². The summed E-state index contributed by atoms with van der Waals surface area (Å²) in [5.74, 6) is 0. The molecule has 2 atom stereocenters. The second-order valence-electron chi connectivity index (χ2n) is 5.05. The maximum absolute atomic E-state index is 11.2. The maximum atomic E-state index is 11.2. The molecule has 114 valence electrons. The molecule has 0 spiro atoms. The molecule has 0 saturated heterocycles. The van der Waals surface area contributed by atoms with Crippen molar-refractivity contribution in [2.75, 3.05) is 0 Å². The number of primary sulfonamides is 1. The fourth-order valence-corrected chi connectivity index (χ4v) is 3.39. The van der Waals surface area contributed by atoms with Gasteiger partial charge in [-0.3, -0.25) is 0 Å². The fraction of sp³-hybridized carbons (Fsp3) is 0.357. The SMILES string of the molecule is Cc1csc(C(C)NC(C)c2ccc(S(N)(=O)=O)cc2)n1. The number of hydrogen-bond acceptors (Lipinski definition) is 5. The van der Waals surface area contributed by atoms with Gasteiger partial charge in [0, 0.05) is 17.1 Å². The molecule has 2 unspecified atom stereocenters. The van der Waals surface area contributed by atoms with Crippen molar-refractivity contribution in [2.24, 2.45) is 5.14 Å². The molecular formula is C14H19N3O2S2. The second kappa shape index (κ2) is 6.23. The first kappa shape index (κ1) is 16.1. The van der Waals surface area contributed by atoms with Crippen LogP contribution in [0.15, 0.2) is 34.5 Å². The highest BCUT2D eigenvalue weighted by Gasteiger charge is 2.14. The van der Waals surface area contributed by atoms with Crippen molar-refractivity contribution in [3.63, 3.8) is 0 Å². The van der Waals surface area contributed by atoms with Crippen LogP contribution in [-0.2, 0) is 10.0 Å². The molecule has 0 amide bonds. The van der Waals surface area contributed by atoms with Crippen molar-refractivity contribution in [1.29, 1.82) is 0 Å². The van der Waals surface area contributed by atoms with Gasteiger partial charge < -0.3 is 5.32 Å². The van der Waals surface area contributed by atoms with Gasteiger partial charge in [-0.05, 0) is 38.5 Å². The van der Waals surface area contributed by atoms with Gasteiger partial charge in [-0.25, -0.2) is 18.5 Å². The van der Waals surface area contributed by atoms with Crippen molar-refractivity contribution in [3.8, 4) is 0 Å². The van der Waals surface area contributed by atoms with E-state index >= 15 is 0 Å². The topological polar surface area (TPSA) is 85.1 Å². The third-order valence-electron chi connectivity index (χ3n) is 3.22. The molecule has 3 N–H and O–H groups in total. The largest absolute Gasteiger partial charge is 0.302 e. The predicted octanol–water partition coefficient (Wildman–Crippen LogP) is 2.51. The van der Waals surface area contributed by atoms with Gasteiger partial charge in [0.25, 0.3) is 0 Å². The molecule has 5 nitrogen and oxygen atoms in total. The van der Waals surface area contributed by atoms with E-state index in [1.54, 1.807) is 23.5 Å². The molecule has 21 heavy (non-hydrogen) atoms. The Kier molecular flexibility index (Phi) is 4.77. The summed E-state index contributed by atoms with van der Waals surface area (Å²) < 4.78 is 22.5. The first-order valence-corrected chi connectivity index (χ1v) is 9.01. The standard InChI is InChI=1S/C14H19N3O2S2/c1-9-8-20-14(16-9)11(3)17-10(2)12-4-6-13(7-5-12)21(15,18)19/h4-8,10-11,17H,1-3H3,(H2,15,18,19). The summed E-state index contributed by atoms with van der Waals surface area (Å²) in [6.45, 7) is 6.07. The van der Waals surface area contributed by atoms with Crippen LogP contribution < -0.4 is 10.5 Å². The second-order valence-corrected chi connectivity index (χ2v) is 7.50. The van der Waals surface area contributed by atoms with Crippen molar-refractivity contribution < 1.29 is 8.42 Å². The van der Waals surface area contributed by atoms with E-state index in [-0.39, 0.29) is 17.0 Å². The average molecular weight is 325 g/mol. The fourth-order valence-electron chi connectivity index (χ4n) is 2.06. The van der Waals surface area contributed by atoms with Crippen molar-refractivity contribution in [2.45, 2.75) is 37.8 Å². The van der Waals surface area contributed by atoms with Crippen LogP contribution in [0, 0.1) is 6.92 Å². The maximum Gasteiger partial charge on any atom is 0.238 e. The zero-order valence-electron chi connectivity index (χ0n) is 12.2. The van der Waals surface area contributed by atoms with Gasteiger partial charge in [0.05, 0.1) is 10.9 Å². The van der Waals surface area contributed by atoms with Gasteiger partial charge in [-0.15, -0.1) is 11.3 Å².